The molecule has 1 aromatic heterocycles. The SMILES string of the molecule is Cc1ccc(-n2c(C)nnc2S[C@H](C[N+](=O)[O-])c2ccc(OCc3ccccc3Cl)c(Cl)c2)cc1C. The van der Waals surface area contributed by atoms with E-state index >= 15 is 0 Å². The van der Waals surface area contributed by atoms with Gasteiger partial charge in [0.25, 0.3) is 0 Å². The lowest BCUT2D eigenvalue weighted by atomic mass is 10.1. The number of aromatic nitrogens is 3. The summed E-state index contributed by atoms with van der Waals surface area (Å²) < 4.78 is 7.76. The molecule has 0 fully saturated rings. The summed E-state index contributed by atoms with van der Waals surface area (Å²) in [5.74, 6) is 1.17. The minimum Gasteiger partial charge on any atom is -0.487 e. The third-order valence-corrected chi connectivity index (χ3v) is 7.62. The van der Waals surface area contributed by atoms with Crippen LogP contribution in [0.5, 0.6) is 5.75 Å². The van der Waals surface area contributed by atoms with Crippen molar-refractivity contribution in [2.75, 3.05) is 6.54 Å². The molecule has 10 heteroatoms. The molecular weight excluding hydrogens is 519 g/mol. The highest BCUT2D eigenvalue weighted by molar-refractivity contribution is 7.99. The van der Waals surface area contributed by atoms with Gasteiger partial charge in [-0.1, -0.05) is 65.3 Å². The second-order valence-electron chi connectivity index (χ2n) is 8.33. The van der Waals surface area contributed by atoms with Crippen LogP contribution in [0.15, 0.2) is 65.8 Å². The molecule has 0 unspecified atom stereocenters. The number of aryl methyl sites for hydroxylation is 3. The van der Waals surface area contributed by atoms with E-state index in [2.05, 4.69) is 16.3 Å². The van der Waals surface area contributed by atoms with Crippen LogP contribution in [0.1, 0.15) is 33.3 Å². The summed E-state index contributed by atoms with van der Waals surface area (Å²) in [6.45, 7) is 5.89. The molecule has 36 heavy (non-hydrogen) atoms. The molecule has 4 rings (SSSR count). The minimum absolute atomic E-state index is 0.254. The van der Waals surface area contributed by atoms with Crippen molar-refractivity contribution in [3.63, 3.8) is 0 Å². The van der Waals surface area contributed by atoms with E-state index in [1.54, 1.807) is 24.3 Å². The first-order valence-corrected chi connectivity index (χ1v) is 12.8. The predicted octanol–water partition coefficient (Wildman–Crippen LogP) is 7.19. The number of rotatable bonds is 9. The first-order valence-electron chi connectivity index (χ1n) is 11.2. The Kier molecular flexibility index (Phi) is 8.18. The number of hydrogen-bond acceptors (Lipinski definition) is 6. The Morgan fingerprint density at radius 1 is 1.00 bits per heavy atom. The van der Waals surface area contributed by atoms with Crippen LogP contribution in [0.4, 0.5) is 0 Å². The molecular formula is C26H24Cl2N4O3S. The van der Waals surface area contributed by atoms with Crippen molar-refractivity contribution in [3.05, 3.63) is 109 Å². The van der Waals surface area contributed by atoms with Gasteiger partial charge in [0.15, 0.2) is 5.16 Å². The zero-order valence-corrected chi connectivity index (χ0v) is 22.3. The van der Waals surface area contributed by atoms with Crippen LogP contribution >= 0.6 is 35.0 Å². The molecule has 0 aliphatic rings. The smallest absolute Gasteiger partial charge is 0.220 e. The summed E-state index contributed by atoms with van der Waals surface area (Å²) in [5, 5.41) is 21.1. The third-order valence-electron chi connectivity index (χ3n) is 5.78. The van der Waals surface area contributed by atoms with Gasteiger partial charge in [-0.2, -0.15) is 0 Å². The van der Waals surface area contributed by atoms with E-state index in [1.165, 1.54) is 17.3 Å². The molecule has 0 saturated heterocycles. The Hall–Kier alpha value is -3.07. The van der Waals surface area contributed by atoms with E-state index in [1.807, 2.05) is 55.7 Å². The number of thioether (sulfide) groups is 1. The number of nitro groups is 1. The topological polar surface area (TPSA) is 83.1 Å². The molecule has 0 spiro atoms. The molecule has 1 heterocycles. The first-order chi connectivity index (χ1) is 17.2. The van der Waals surface area contributed by atoms with Crippen molar-refractivity contribution in [3.8, 4) is 11.4 Å². The van der Waals surface area contributed by atoms with Gasteiger partial charge in [0.05, 0.1) is 5.02 Å². The number of hydrogen-bond donors (Lipinski definition) is 0. The van der Waals surface area contributed by atoms with E-state index < -0.39 is 5.25 Å². The molecule has 4 aromatic rings. The second kappa shape index (κ2) is 11.3. The highest BCUT2D eigenvalue weighted by Gasteiger charge is 2.25. The number of halogens is 2. The van der Waals surface area contributed by atoms with E-state index in [0.717, 1.165) is 16.8 Å². The Labute approximate surface area is 223 Å². The quantitative estimate of drug-likeness (QED) is 0.126. The zero-order valence-electron chi connectivity index (χ0n) is 19.9. The first kappa shape index (κ1) is 26.0. The molecule has 3 aromatic carbocycles. The fourth-order valence-corrected chi connectivity index (χ4v) is 5.26. The summed E-state index contributed by atoms with van der Waals surface area (Å²) in [6.07, 6.45) is 0. The van der Waals surface area contributed by atoms with Gasteiger partial charge in [0, 0.05) is 21.2 Å². The average Bonchev–Trinajstić information content (AvgIpc) is 3.20. The Balaban J connectivity index is 1.59. The molecule has 0 aliphatic heterocycles. The summed E-state index contributed by atoms with van der Waals surface area (Å²) in [7, 11) is 0. The van der Waals surface area contributed by atoms with Crippen LogP contribution in [0.25, 0.3) is 5.69 Å². The molecule has 0 aliphatic carbocycles. The minimum atomic E-state index is -0.538. The molecule has 0 amide bonds. The second-order valence-corrected chi connectivity index (χ2v) is 10.3. The van der Waals surface area contributed by atoms with E-state index in [9.17, 15) is 10.1 Å². The largest absolute Gasteiger partial charge is 0.487 e. The van der Waals surface area contributed by atoms with Gasteiger partial charge in [-0.05, 0) is 67.8 Å². The molecule has 0 N–H and O–H groups in total. The monoisotopic (exact) mass is 542 g/mol. The maximum atomic E-state index is 11.5. The lowest BCUT2D eigenvalue weighted by Crippen LogP contribution is -2.11. The van der Waals surface area contributed by atoms with Crippen LogP contribution in [-0.4, -0.2) is 26.2 Å². The normalized spacial score (nSPS) is 11.9. The van der Waals surface area contributed by atoms with Gasteiger partial charge >= 0.3 is 0 Å². The van der Waals surface area contributed by atoms with Crippen molar-refractivity contribution in [1.29, 1.82) is 0 Å². The molecule has 186 valence electrons. The molecule has 0 bridgehead atoms. The number of ether oxygens (including phenoxy) is 1. The molecule has 1 atom stereocenters. The molecule has 7 nitrogen and oxygen atoms in total. The van der Waals surface area contributed by atoms with Gasteiger partial charge in [0.1, 0.15) is 23.4 Å². The predicted molar refractivity (Wildman–Crippen MR) is 143 cm³/mol. The van der Waals surface area contributed by atoms with Gasteiger partial charge < -0.3 is 4.74 Å². The van der Waals surface area contributed by atoms with Crippen molar-refractivity contribution in [2.24, 2.45) is 0 Å². The fourth-order valence-electron chi connectivity index (χ4n) is 3.66. The van der Waals surface area contributed by atoms with Crippen LogP contribution in [0, 0.1) is 30.9 Å². The standard InChI is InChI=1S/C26H24Cl2N4O3S/c1-16-8-10-21(12-17(16)2)32-18(3)29-30-26(32)36-25(14-31(33)34)19-9-11-24(23(28)13-19)35-15-20-6-4-5-7-22(20)27/h4-13,25H,14-15H2,1-3H3/t25-/m1/s1. The van der Waals surface area contributed by atoms with E-state index in [4.69, 9.17) is 27.9 Å². The number of benzene rings is 3. The van der Waals surface area contributed by atoms with Crippen LogP contribution in [0.3, 0.4) is 0 Å². The Morgan fingerprint density at radius 2 is 1.78 bits per heavy atom. The fraction of sp³-hybridized carbons (Fsp3) is 0.231. The highest BCUT2D eigenvalue weighted by atomic mass is 35.5. The molecule has 0 saturated carbocycles. The summed E-state index contributed by atoms with van der Waals surface area (Å²) in [5.41, 5.74) is 4.75. The zero-order chi connectivity index (χ0) is 25.8. The molecule has 0 radical (unpaired) electrons. The number of nitrogens with zero attached hydrogens (tertiary/aromatic N) is 4. The van der Waals surface area contributed by atoms with Gasteiger partial charge in [0.2, 0.25) is 6.54 Å². The lowest BCUT2D eigenvalue weighted by Gasteiger charge is -2.16. The van der Waals surface area contributed by atoms with E-state index in [-0.39, 0.29) is 18.1 Å². The van der Waals surface area contributed by atoms with Crippen molar-refractivity contribution >= 4 is 35.0 Å². The summed E-state index contributed by atoms with van der Waals surface area (Å²) >= 11 is 14.0. The summed E-state index contributed by atoms with van der Waals surface area (Å²) in [4.78, 5) is 11.2. The average molecular weight is 543 g/mol. The Bertz CT molecular complexity index is 1410. The van der Waals surface area contributed by atoms with Crippen LogP contribution < -0.4 is 4.74 Å². The van der Waals surface area contributed by atoms with Gasteiger partial charge in [-0.3, -0.25) is 14.7 Å². The van der Waals surface area contributed by atoms with E-state index in [0.29, 0.717) is 32.3 Å². The lowest BCUT2D eigenvalue weighted by molar-refractivity contribution is -0.479. The third kappa shape index (κ3) is 6.00. The summed E-state index contributed by atoms with van der Waals surface area (Å²) in [6, 6.07) is 18.7. The van der Waals surface area contributed by atoms with Crippen molar-refractivity contribution in [1.82, 2.24) is 14.8 Å². The van der Waals surface area contributed by atoms with Crippen LogP contribution in [-0.2, 0) is 6.61 Å². The van der Waals surface area contributed by atoms with Crippen molar-refractivity contribution in [2.45, 2.75) is 37.8 Å². The Morgan fingerprint density at radius 3 is 2.47 bits per heavy atom. The highest BCUT2D eigenvalue weighted by Crippen LogP contribution is 2.39. The van der Waals surface area contributed by atoms with Crippen LogP contribution in [0.2, 0.25) is 10.0 Å². The van der Waals surface area contributed by atoms with Gasteiger partial charge in [-0.25, -0.2) is 0 Å². The van der Waals surface area contributed by atoms with Crippen molar-refractivity contribution < 1.29 is 9.66 Å². The van der Waals surface area contributed by atoms with Gasteiger partial charge in [-0.15, -0.1) is 10.2 Å². The maximum absolute atomic E-state index is 11.5. The maximum Gasteiger partial charge on any atom is 0.220 e.